The molecule has 1 aliphatic heterocycles. The van der Waals surface area contributed by atoms with E-state index in [0.29, 0.717) is 22.8 Å². The minimum atomic E-state index is -4.29. The maximum Gasteiger partial charge on any atom is 0.389 e. The molecule has 0 saturated heterocycles. The molecule has 106 valence electrons. The molecular formula is C12H13F3O4. The molecule has 0 fully saturated rings. The van der Waals surface area contributed by atoms with Crippen molar-refractivity contribution in [1.29, 1.82) is 0 Å². The molecule has 4 nitrogen and oxygen atoms in total. The van der Waals surface area contributed by atoms with Crippen LogP contribution < -0.4 is 14.2 Å². The van der Waals surface area contributed by atoms with Gasteiger partial charge in [0.1, 0.15) is 0 Å². The highest BCUT2D eigenvalue weighted by Crippen LogP contribution is 2.43. The summed E-state index contributed by atoms with van der Waals surface area (Å²) in [7, 11) is 1.41. The lowest BCUT2D eigenvalue weighted by molar-refractivity contribution is -0.140. The van der Waals surface area contributed by atoms with E-state index < -0.39 is 25.1 Å². The van der Waals surface area contributed by atoms with Crippen LogP contribution in [0.5, 0.6) is 17.2 Å². The Bertz CT molecular complexity index is 459. The molecule has 19 heavy (non-hydrogen) atoms. The zero-order chi connectivity index (χ0) is 14.0. The molecule has 0 radical (unpaired) electrons. The van der Waals surface area contributed by atoms with Gasteiger partial charge in [-0.3, -0.25) is 0 Å². The topological polar surface area (TPSA) is 47.9 Å². The van der Waals surface area contributed by atoms with Crippen LogP contribution in [0, 0.1) is 0 Å². The molecule has 1 heterocycles. The summed E-state index contributed by atoms with van der Waals surface area (Å²) in [6.45, 7) is 0.0216. The van der Waals surface area contributed by atoms with Gasteiger partial charge in [-0.25, -0.2) is 0 Å². The van der Waals surface area contributed by atoms with Crippen molar-refractivity contribution < 1.29 is 32.5 Å². The van der Waals surface area contributed by atoms with E-state index >= 15 is 0 Å². The summed E-state index contributed by atoms with van der Waals surface area (Å²) in [6.07, 6.45) is -6.98. The molecule has 1 aliphatic rings. The number of halogens is 3. The van der Waals surface area contributed by atoms with Gasteiger partial charge in [0.2, 0.25) is 12.5 Å². The Kier molecular flexibility index (Phi) is 3.75. The second-order valence-corrected chi connectivity index (χ2v) is 4.13. The highest BCUT2D eigenvalue weighted by Gasteiger charge is 2.29. The van der Waals surface area contributed by atoms with Gasteiger partial charge in [-0.05, 0) is 24.1 Å². The molecule has 7 heteroatoms. The normalized spacial score (nSPS) is 15.4. The molecule has 1 aromatic carbocycles. The molecule has 1 aromatic rings. The van der Waals surface area contributed by atoms with E-state index in [0.717, 1.165) is 0 Å². The first-order valence-electron chi connectivity index (χ1n) is 5.63. The van der Waals surface area contributed by atoms with Crippen molar-refractivity contribution in [3.05, 3.63) is 17.7 Å². The van der Waals surface area contributed by atoms with Crippen molar-refractivity contribution in [1.82, 2.24) is 0 Å². The number of aliphatic hydroxyl groups is 1. The Balaban J connectivity index is 2.16. The number of hydrogen-bond donors (Lipinski definition) is 1. The lowest BCUT2D eigenvalue weighted by Gasteiger charge is -2.14. The van der Waals surface area contributed by atoms with Crippen LogP contribution >= 0.6 is 0 Å². The first-order valence-corrected chi connectivity index (χ1v) is 5.63. The molecule has 1 N–H and O–H groups in total. The third-order valence-electron chi connectivity index (χ3n) is 2.77. The zero-order valence-electron chi connectivity index (χ0n) is 10.2. The smallest absolute Gasteiger partial charge is 0.389 e. The number of ether oxygens (including phenoxy) is 3. The molecule has 0 spiro atoms. The number of aliphatic hydroxyl groups excluding tert-OH is 1. The summed E-state index contributed by atoms with van der Waals surface area (Å²) in [6, 6.07) is 2.92. The van der Waals surface area contributed by atoms with Crippen molar-refractivity contribution in [3.63, 3.8) is 0 Å². The zero-order valence-corrected chi connectivity index (χ0v) is 10.2. The van der Waals surface area contributed by atoms with Crippen molar-refractivity contribution in [2.24, 2.45) is 0 Å². The van der Waals surface area contributed by atoms with Gasteiger partial charge < -0.3 is 19.3 Å². The third kappa shape index (κ3) is 3.23. The average Bonchev–Trinajstić information content (AvgIpc) is 2.81. The fourth-order valence-electron chi connectivity index (χ4n) is 1.81. The van der Waals surface area contributed by atoms with Crippen LogP contribution in [0.4, 0.5) is 13.2 Å². The Morgan fingerprint density at radius 1 is 1.37 bits per heavy atom. The SMILES string of the molecule is COc1cc(C(O)CCC(F)(F)F)cc2c1OCO2. The van der Waals surface area contributed by atoms with Gasteiger partial charge in [0.15, 0.2) is 11.5 Å². The van der Waals surface area contributed by atoms with Gasteiger partial charge in [0.25, 0.3) is 0 Å². The van der Waals surface area contributed by atoms with Gasteiger partial charge >= 0.3 is 6.18 Å². The van der Waals surface area contributed by atoms with Crippen LogP contribution in [0.25, 0.3) is 0 Å². The summed E-state index contributed by atoms with van der Waals surface area (Å²) < 4.78 is 51.7. The first kappa shape index (κ1) is 13.8. The second kappa shape index (κ2) is 5.16. The van der Waals surface area contributed by atoms with Crippen molar-refractivity contribution in [3.8, 4) is 17.2 Å². The van der Waals surface area contributed by atoms with Gasteiger partial charge in [0, 0.05) is 6.42 Å². The number of hydrogen-bond acceptors (Lipinski definition) is 4. The van der Waals surface area contributed by atoms with E-state index in [9.17, 15) is 18.3 Å². The lowest BCUT2D eigenvalue weighted by Crippen LogP contribution is -2.10. The van der Waals surface area contributed by atoms with Gasteiger partial charge in [-0.1, -0.05) is 0 Å². The highest BCUT2D eigenvalue weighted by molar-refractivity contribution is 5.55. The van der Waals surface area contributed by atoms with Crippen LogP contribution in [0.3, 0.4) is 0 Å². The van der Waals surface area contributed by atoms with Gasteiger partial charge in [-0.2, -0.15) is 13.2 Å². The molecule has 1 atom stereocenters. The lowest BCUT2D eigenvalue weighted by atomic mass is 10.0. The van der Waals surface area contributed by atoms with Crippen LogP contribution in [-0.2, 0) is 0 Å². The fourth-order valence-corrected chi connectivity index (χ4v) is 1.81. The average molecular weight is 278 g/mol. The van der Waals surface area contributed by atoms with Gasteiger partial charge in [-0.15, -0.1) is 0 Å². The van der Waals surface area contributed by atoms with E-state index in [1.165, 1.54) is 19.2 Å². The Morgan fingerprint density at radius 3 is 2.74 bits per heavy atom. The Morgan fingerprint density at radius 2 is 2.11 bits per heavy atom. The Labute approximate surface area is 107 Å². The van der Waals surface area contributed by atoms with E-state index in [4.69, 9.17) is 14.2 Å². The highest BCUT2D eigenvalue weighted by atomic mass is 19.4. The predicted octanol–water partition coefficient (Wildman–Crippen LogP) is 2.80. The van der Waals surface area contributed by atoms with Crippen LogP contribution in [0.2, 0.25) is 0 Å². The molecule has 0 bridgehead atoms. The molecule has 2 rings (SSSR count). The number of benzene rings is 1. The Hall–Kier alpha value is -1.63. The standard InChI is InChI=1S/C12H13F3O4/c1-17-9-4-7(5-10-11(9)19-6-18-10)8(16)2-3-12(13,14)15/h4-5,8,16H,2-3,6H2,1H3. The molecule has 0 amide bonds. The minimum Gasteiger partial charge on any atom is -0.493 e. The summed E-state index contributed by atoms with van der Waals surface area (Å²) in [4.78, 5) is 0. The molecule has 0 saturated carbocycles. The van der Waals surface area contributed by atoms with E-state index in [-0.39, 0.29) is 6.79 Å². The molecule has 0 aromatic heterocycles. The number of fused-ring (bicyclic) bond motifs is 1. The number of alkyl halides is 3. The van der Waals surface area contributed by atoms with Crippen LogP contribution in [0.15, 0.2) is 12.1 Å². The van der Waals surface area contributed by atoms with Crippen LogP contribution in [-0.4, -0.2) is 25.2 Å². The molecular weight excluding hydrogens is 265 g/mol. The maximum absolute atomic E-state index is 12.1. The molecule has 0 aliphatic carbocycles. The third-order valence-corrected chi connectivity index (χ3v) is 2.77. The van der Waals surface area contributed by atoms with E-state index in [2.05, 4.69) is 0 Å². The summed E-state index contributed by atoms with van der Waals surface area (Å²) in [5.41, 5.74) is 0.311. The summed E-state index contributed by atoms with van der Waals surface area (Å²) >= 11 is 0. The quantitative estimate of drug-likeness (QED) is 0.920. The first-order chi connectivity index (χ1) is 8.90. The van der Waals surface area contributed by atoms with Crippen molar-refractivity contribution in [2.45, 2.75) is 25.1 Å². The summed E-state index contributed by atoms with van der Waals surface area (Å²) in [5.74, 6) is 1.09. The predicted molar refractivity (Wildman–Crippen MR) is 59.4 cm³/mol. The van der Waals surface area contributed by atoms with Crippen LogP contribution in [0.1, 0.15) is 24.5 Å². The summed E-state index contributed by atoms with van der Waals surface area (Å²) in [5, 5.41) is 9.78. The second-order valence-electron chi connectivity index (χ2n) is 4.13. The molecule has 1 unspecified atom stereocenters. The minimum absolute atomic E-state index is 0.0216. The maximum atomic E-state index is 12.1. The van der Waals surface area contributed by atoms with Crippen molar-refractivity contribution >= 4 is 0 Å². The number of methoxy groups -OCH3 is 1. The monoisotopic (exact) mass is 278 g/mol. The van der Waals surface area contributed by atoms with Gasteiger partial charge in [0.05, 0.1) is 13.2 Å². The largest absolute Gasteiger partial charge is 0.493 e. The van der Waals surface area contributed by atoms with E-state index in [1.807, 2.05) is 0 Å². The fraction of sp³-hybridized carbons (Fsp3) is 0.500. The van der Waals surface area contributed by atoms with Crippen molar-refractivity contribution in [2.75, 3.05) is 13.9 Å². The number of rotatable bonds is 4. The van der Waals surface area contributed by atoms with E-state index in [1.54, 1.807) is 0 Å².